The topological polar surface area (TPSA) is 64.9 Å². The van der Waals surface area contributed by atoms with Gasteiger partial charge in [0, 0.05) is 5.25 Å². The quantitative estimate of drug-likeness (QED) is 0.797. The summed E-state index contributed by atoms with van der Waals surface area (Å²) in [5.74, 6) is 2.13. The predicted octanol–water partition coefficient (Wildman–Crippen LogP) is 2.90. The van der Waals surface area contributed by atoms with Crippen molar-refractivity contribution in [3.05, 3.63) is 11.7 Å². The van der Waals surface area contributed by atoms with Gasteiger partial charge in [-0.1, -0.05) is 32.3 Å². The van der Waals surface area contributed by atoms with Crippen molar-refractivity contribution in [1.82, 2.24) is 10.1 Å². The van der Waals surface area contributed by atoms with Crippen LogP contribution in [0.2, 0.25) is 0 Å². The maximum absolute atomic E-state index is 5.90. The van der Waals surface area contributed by atoms with E-state index < -0.39 is 0 Å². The molecule has 2 N–H and O–H groups in total. The molecule has 16 heavy (non-hydrogen) atoms. The van der Waals surface area contributed by atoms with Crippen molar-refractivity contribution in [2.45, 2.75) is 57.1 Å². The van der Waals surface area contributed by atoms with E-state index in [4.69, 9.17) is 10.3 Å². The van der Waals surface area contributed by atoms with E-state index in [1.807, 2.05) is 11.8 Å². The molecule has 0 radical (unpaired) electrons. The zero-order chi connectivity index (χ0) is 12.0. The minimum absolute atomic E-state index is 0.111. The third-order valence-electron chi connectivity index (χ3n) is 2.47. The van der Waals surface area contributed by atoms with Gasteiger partial charge < -0.3 is 10.3 Å². The van der Waals surface area contributed by atoms with Gasteiger partial charge in [-0.05, 0) is 12.8 Å². The first-order valence-corrected chi connectivity index (χ1v) is 6.91. The highest BCUT2D eigenvalue weighted by Crippen LogP contribution is 2.19. The first-order valence-electron chi connectivity index (χ1n) is 5.87. The van der Waals surface area contributed by atoms with E-state index in [2.05, 4.69) is 30.9 Å². The number of nitrogens with two attached hydrogens (primary N) is 1. The van der Waals surface area contributed by atoms with Gasteiger partial charge in [0.1, 0.15) is 0 Å². The number of rotatable bonds is 7. The van der Waals surface area contributed by atoms with Gasteiger partial charge in [-0.3, -0.25) is 0 Å². The largest absolute Gasteiger partial charge is 0.338 e. The van der Waals surface area contributed by atoms with Crippen LogP contribution in [0.15, 0.2) is 4.52 Å². The standard InChI is InChI=1S/C11H21N3OS/c1-4-6-9(12)11-13-10(14-15-11)7-16-8(3)5-2/h8-9H,4-7,12H2,1-3H3. The summed E-state index contributed by atoms with van der Waals surface area (Å²) in [6.45, 7) is 6.47. The minimum Gasteiger partial charge on any atom is -0.338 e. The summed E-state index contributed by atoms with van der Waals surface area (Å²) >= 11 is 1.84. The zero-order valence-electron chi connectivity index (χ0n) is 10.3. The summed E-state index contributed by atoms with van der Waals surface area (Å²) in [4.78, 5) is 4.31. The maximum Gasteiger partial charge on any atom is 0.243 e. The summed E-state index contributed by atoms with van der Waals surface area (Å²) < 4.78 is 5.15. The molecule has 0 aliphatic heterocycles. The monoisotopic (exact) mass is 243 g/mol. The van der Waals surface area contributed by atoms with Crippen LogP contribution < -0.4 is 5.73 Å². The normalized spacial score (nSPS) is 15.0. The average Bonchev–Trinajstić information content (AvgIpc) is 2.75. The van der Waals surface area contributed by atoms with Gasteiger partial charge in [0.2, 0.25) is 5.89 Å². The van der Waals surface area contributed by atoms with Gasteiger partial charge in [-0.15, -0.1) is 0 Å². The predicted molar refractivity (Wildman–Crippen MR) is 67.2 cm³/mol. The van der Waals surface area contributed by atoms with Crippen molar-refractivity contribution in [2.75, 3.05) is 0 Å². The Labute approximate surface area is 101 Å². The Balaban J connectivity index is 2.45. The van der Waals surface area contributed by atoms with Crippen LogP contribution in [-0.2, 0) is 5.75 Å². The third kappa shape index (κ3) is 4.14. The van der Waals surface area contributed by atoms with Crippen LogP contribution >= 0.6 is 11.8 Å². The van der Waals surface area contributed by atoms with E-state index in [0.717, 1.165) is 30.8 Å². The molecule has 0 aliphatic carbocycles. The first kappa shape index (κ1) is 13.5. The second-order valence-corrected chi connectivity index (χ2v) is 5.40. The van der Waals surface area contributed by atoms with E-state index in [0.29, 0.717) is 11.1 Å². The van der Waals surface area contributed by atoms with Gasteiger partial charge in [0.15, 0.2) is 5.82 Å². The van der Waals surface area contributed by atoms with E-state index in [1.165, 1.54) is 0 Å². The molecule has 2 atom stereocenters. The molecule has 0 fully saturated rings. The Kier molecular flexibility index (Phi) is 5.84. The fraction of sp³-hybridized carbons (Fsp3) is 0.818. The molecule has 2 unspecified atom stereocenters. The van der Waals surface area contributed by atoms with Crippen LogP contribution in [0.5, 0.6) is 0 Å². The molecule has 1 aromatic rings. The van der Waals surface area contributed by atoms with Crippen molar-refractivity contribution >= 4 is 11.8 Å². The Bertz CT molecular complexity index is 303. The number of hydrogen-bond acceptors (Lipinski definition) is 5. The molecule has 5 heteroatoms. The highest BCUT2D eigenvalue weighted by Gasteiger charge is 2.14. The number of nitrogens with zero attached hydrogens (tertiary/aromatic N) is 2. The lowest BCUT2D eigenvalue weighted by Gasteiger charge is -2.04. The smallest absolute Gasteiger partial charge is 0.243 e. The minimum atomic E-state index is -0.111. The van der Waals surface area contributed by atoms with Crippen molar-refractivity contribution < 1.29 is 4.52 Å². The van der Waals surface area contributed by atoms with E-state index in [1.54, 1.807) is 0 Å². The summed E-state index contributed by atoms with van der Waals surface area (Å²) in [6, 6.07) is -0.111. The van der Waals surface area contributed by atoms with E-state index >= 15 is 0 Å². The molecule has 4 nitrogen and oxygen atoms in total. The molecule has 0 saturated heterocycles. The van der Waals surface area contributed by atoms with Crippen molar-refractivity contribution in [3.63, 3.8) is 0 Å². The first-order chi connectivity index (χ1) is 7.67. The van der Waals surface area contributed by atoms with Crippen LogP contribution in [-0.4, -0.2) is 15.4 Å². The molecule has 1 rings (SSSR count). The van der Waals surface area contributed by atoms with Crippen molar-refractivity contribution in [1.29, 1.82) is 0 Å². The fourth-order valence-electron chi connectivity index (χ4n) is 1.25. The van der Waals surface area contributed by atoms with Gasteiger partial charge in [-0.2, -0.15) is 16.7 Å². The number of aromatic nitrogens is 2. The number of hydrogen-bond donors (Lipinski definition) is 1. The Morgan fingerprint density at radius 1 is 1.44 bits per heavy atom. The molecule has 0 aromatic carbocycles. The molecule has 92 valence electrons. The van der Waals surface area contributed by atoms with Crippen LogP contribution in [0.1, 0.15) is 57.8 Å². The van der Waals surface area contributed by atoms with E-state index in [9.17, 15) is 0 Å². The molecule has 0 saturated carbocycles. The Hall–Kier alpha value is -0.550. The van der Waals surface area contributed by atoms with Crippen molar-refractivity contribution in [3.8, 4) is 0 Å². The van der Waals surface area contributed by atoms with Gasteiger partial charge >= 0.3 is 0 Å². The summed E-state index contributed by atoms with van der Waals surface area (Å²) in [7, 11) is 0. The average molecular weight is 243 g/mol. The van der Waals surface area contributed by atoms with Gasteiger partial charge in [0.05, 0.1) is 11.8 Å². The molecule has 0 aliphatic rings. The highest BCUT2D eigenvalue weighted by molar-refractivity contribution is 7.99. The molecular formula is C11H21N3OS. The number of thioether (sulfide) groups is 1. The molecule has 0 spiro atoms. The fourth-order valence-corrected chi connectivity index (χ4v) is 2.03. The molecule has 1 heterocycles. The Morgan fingerprint density at radius 2 is 2.19 bits per heavy atom. The summed E-state index contributed by atoms with van der Waals surface area (Å²) in [5.41, 5.74) is 5.90. The van der Waals surface area contributed by atoms with E-state index in [-0.39, 0.29) is 6.04 Å². The van der Waals surface area contributed by atoms with Crippen LogP contribution in [0.25, 0.3) is 0 Å². The van der Waals surface area contributed by atoms with Crippen LogP contribution in [0.3, 0.4) is 0 Å². The zero-order valence-corrected chi connectivity index (χ0v) is 11.1. The lowest BCUT2D eigenvalue weighted by atomic mass is 10.2. The summed E-state index contributed by atoms with van der Waals surface area (Å²) in [5, 5.41) is 4.57. The highest BCUT2D eigenvalue weighted by atomic mass is 32.2. The molecule has 1 aromatic heterocycles. The second-order valence-electron chi connectivity index (χ2n) is 3.97. The SMILES string of the molecule is CCCC(N)c1nc(CSC(C)CC)no1. The van der Waals surface area contributed by atoms with Crippen molar-refractivity contribution in [2.24, 2.45) is 5.73 Å². The third-order valence-corrected chi connectivity index (χ3v) is 3.80. The maximum atomic E-state index is 5.90. The lowest BCUT2D eigenvalue weighted by molar-refractivity contribution is 0.345. The van der Waals surface area contributed by atoms with Crippen LogP contribution in [0.4, 0.5) is 0 Å². The Morgan fingerprint density at radius 3 is 2.81 bits per heavy atom. The second kappa shape index (κ2) is 6.91. The molecular weight excluding hydrogens is 222 g/mol. The van der Waals surface area contributed by atoms with Crippen LogP contribution in [0, 0.1) is 0 Å². The summed E-state index contributed by atoms with van der Waals surface area (Å²) in [6.07, 6.45) is 3.07. The molecule has 0 amide bonds. The van der Waals surface area contributed by atoms with Gasteiger partial charge in [0.25, 0.3) is 0 Å². The molecule has 0 bridgehead atoms. The lowest BCUT2D eigenvalue weighted by Crippen LogP contribution is -2.10. The van der Waals surface area contributed by atoms with Gasteiger partial charge in [-0.25, -0.2) is 0 Å².